The standard InChI is InChI=1S/C36H38Cl3N3O7S/c1-5-18-40-36(44)31(19-24-10-7-6-8-11-24)41(22-27-28(38)12-9-13-29(27)39)35(43)23-42(30-20-25(37)14-16-32(30)47-2)50(45,46)26-15-17-33(48-3)34(21-26)49-4/h6-17,20-21,31H,5,18-19,22-23H2,1-4H3,(H,40,44)/t31-/m0/s1. The average molecular weight is 763 g/mol. The molecule has 0 saturated heterocycles. The van der Waals surface area contributed by atoms with E-state index in [-0.39, 0.29) is 50.1 Å². The number of rotatable bonds is 16. The van der Waals surface area contributed by atoms with Crippen molar-refractivity contribution in [2.45, 2.75) is 37.2 Å². The Hall–Kier alpha value is -4.16. The minimum Gasteiger partial charge on any atom is -0.495 e. The molecule has 0 aromatic heterocycles. The van der Waals surface area contributed by atoms with Gasteiger partial charge in [-0.1, -0.05) is 78.1 Å². The third kappa shape index (κ3) is 9.14. The quantitative estimate of drug-likeness (QED) is 0.130. The predicted octanol–water partition coefficient (Wildman–Crippen LogP) is 7.03. The highest BCUT2D eigenvalue weighted by molar-refractivity contribution is 7.92. The zero-order chi connectivity index (χ0) is 36.4. The smallest absolute Gasteiger partial charge is 0.265 e. The van der Waals surface area contributed by atoms with E-state index in [9.17, 15) is 18.0 Å². The zero-order valence-corrected chi connectivity index (χ0v) is 31.1. The molecular formula is C36H38Cl3N3O7S. The normalized spacial score (nSPS) is 11.7. The van der Waals surface area contributed by atoms with Crippen LogP contribution in [0.15, 0.2) is 89.8 Å². The summed E-state index contributed by atoms with van der Waals surface area (Å²) in [4.78, 5) is 29.8. The fraction of sp³-hybridized carbons (Fsp3) is 0.278. The molecule has 0 radical (unpaired) electrons. The molecule has 0 fully saturated rings. The highest BCUT2D eigenvalue weighted by Crippen LogP contribution is 2.37. The van der Waals surface area contributed by atoms with E-state index in [1.807, 2.05) is 37.3 Å². The number of carbonyl (C=O) groups excluding carboxylic acids is 2. The molecule has 0 saturated carbocycles. The van der Waals surface area contributed by atoms with Crippen LogP contribution in [-0.4, -0.2) is 65.6 Å². The number of hydrogen-bond acceptors (Lipinski definition) is 7. The Labute approximate surface area is 307 Å². The molecule has 0 aliphatic heterocycles. The largest absolute Gasteiger partial charge is 0.495 e. The maximum absolute atomic E-state index is 14.8. The number of amides is 2. The van der Waals surface area contributed by atoms with E-state index in [0.717, 1.165) is 9.87 Å². The summed E-state index contributed by atoms with van der Waals surface area (Å²) in [6, 6.07) is 21.5. The van der Waals surface area contributed by atoms with Crippen LogP contribution in [0, 0.1) is 0 Å². The lowest BCUT2D eigenvalue weighted by molar-refractivity contribution is -0.140. The van der Waals surface area contributed by atoms with Crippen LogP contribution in [0.3, 0.4) is 0 Å². The lowest BCUT2D eigenvalue weighted by Crippen LogP contribution is -2.53. The first-order valence-corrected chi connectivity index (χ1v) is 18.1. The summed E-state index contributed by atoms with van der Waals surface area (Å²) in [5, 5.41) is 3.64. The van der Waals surface area contributed by atoms with Crippen molar-refractivity contribution in [3.05, 3.63) is 111 Å². The number of anilines is 1. The van der Waals surface area contributed by atoms with Crippen LogP contribution in [0.1, 0.15) is 24.5 Å². The number of sulfonamides is 1. The first-order valence-electron chi connectivity index (χ1n) is 15.6. The second kappa shape index (κ2) is 17.7. The van der Waals surface area contributed by atoms with Crippen molar-refractivity contribution in [3.63, 3.8) is 0 Å². The summed E-state index contributed by atoms with van der Waals surface area (Å²) in [5.74, 6) is -0.558. The van der Waals surface area contributed by atoms with E-state index in [1.165, 1.54) is 62.6 Å². The van der Waals surface area contributed by atoms with Crippen LogP contribution in [0.4, 0.5) is 5.69 Å². The summed E-state index contributed by atoms with van der Waals surface area (Å²) in [6.07, 6.45) is 0.771. The van der Waals surface area contributed by atoms with Gasteiger partial charge < -0.3 is 24.4 Å². The molecule has 0 heterocycles. The molecule has 0 bridgehead atoms. The van der Waals surface area contributed by atoms with Crippen LogP contribution in [0.25, 0.3) is 0 Å². The van der Waals surface area contributed by atoms with Crippen molar-refractivity contribution in [3.8, 4) is 17.2 Å². The Bertz CT molecular complexity index is 1890. The van der Waals surface area contributed by atoms with Gasteiger partial charge in [-0.15, -0.1) is 0 Å². The van der Waals surface area contributed by atoms with Crippen molar-refractivity contribution in [2.75, 3.05) is 38.7 Å². The average Bonchev–Trinajstić information content (AvgIpc) is 3.11. The number of nitrogens with zero attached hydrogens (tertiary/aromatic N) is 2. The van der Waals surface area contributed by atoms with Crippen LogP contribution in [0.2, 0.25) is 15.1 Å². The van der Waals surface area contributed by atoms with Gasteiger partial charge in [0.25, 0.3) is 10.0 Å². The molecule has 4 rings (SSSR count). The molecule has 0 spiro atoms. The maximum atomic E-state index is 14.8. The minimum absolute atomic E-state index is 0.00564. The number of methoxy groups -OCH3 is 3. The van der Waals surface area contributed by atoms with E-state index in [0.29, 0.717) is 24.3 Å². The van der Waals surface area contributed by atoms with Crippen LogP contribution in [-0.2, 0) is 32.6 Å². The molecule has 2 amide bonds. The van der Waals surface area contributed by atoms with E-state index >= 15 is 0 Å². The van der Waals surface area contributed by atoms with Gasteiger partial charge in [-0.2, -0.15) is 0 Å². The first kappa shape index (κ1) is 38.6. The van der Waals surface area contributed by atoms with Gasteiger partial charge in [0, 0.05) is 46.2 Å². The topological polar surface area (TPSA) is 114 Å². The van der Waals surface area contributed by atoms with Crippen molar-refractivity contribution < 1.29 is 32.2 Å². The molecule has 10 nitrogen and oxygen atoms in total. The second-order valence-electron chi connectivity index (χ2n) is 11.1. The van der Waals surface area contributed by atoms with Gasteiger partial charge in [-0.05, 0) is 54.4 Å². The molecular weight excluding hydrogens is 725 g/mol. The van der Waals surface area contributed by atoms with Gasteiger partial charge in [0.05, 0.1) is 31.9 Å². The highest BCUT2D eigenvalue weighted by atomic mass is 35.5. The molecule has 50 heavy (non-hydrogen) atoms. The highest BCUT2D eigenvalue weighted by Gasteiger charge is 2.36. The fourth-order valence-electron chi connectivity index (χ4n) is 5.25. The van der Waals surface area contributed by atoms with E-state index in [1.54, 1.807) is 18.2 Å². The summed E-state index contributed by atoms with van der Waals surface area (Å²) in [7, 11) is -0.363. The third-order valence-corrected chi connectivity index (χ3v) is 10.5. The van der Waals surface area contributed by atoms with Gasteiger partial charge in [0.2, 0.25) is 11.8 Å². The van der Waals surface area contributed by atoms with Gasteiger partial charge in [0.1, 0.15) is 18.3 Å². The lowest BCUT2D eigenvalue weighted by Gasteiger charge is -2.34. The number of ether oxygens (including phenoxy) is 3. The van der Waals surface area contributed by atoms with E-state index in [4.69, 9.17) is 49.0 Å². The monoisotopic (exact) mass is 761 g/mol. The Kier molecular flexibility index (Phi) is 13.7. The van der Waals surface area contributed by atoms with E-state index < -0.39 is 34.4 Å². The summed E-state index contributed by atoms with van der Waals surface area (Å²) >= 11 is 19.6. The van der Waals surface area contributed by atoms with Gasteiger partial charge in [-0.25, -0.2) is 8.42 Å². The predicted molar refractivity (Wildman–Crippen MR) is 196 cm³/mol. The molecule has 0 aliphatic carbocycles. The van der Waals surface area contributed by atoms with Crippen molar-refractivity contribution in [2.24, 2.45) is 0 Å². The minimum atomic E-state index is -4.54. The number of benzene rings is 4. The SMILES string of the molecule is CCCNC(=O)[C@H](Cc1ccccc1)N(Cc1c(Cl)cccc1Cl)C(=O)CN(c1cc(Cl)ccc1OC)S(=O)(=O)c1ccc(OC)c(OC)c1. The Morgan fingerprint density at radius 1 is 0.800 bits per heavy atom. The Morgan fingerprint density at radius 2 is 1.44 bits per heavy atom. The van der Waals surface area contributed by atoms with Crippen LogP contribution in [0.5, 0.6) is 17.2 Å². The van der Waals surface area contributed by atoms with Crippen LogP contribution >= 0.6 is 34.8 Å². The van der Waals surface area contributed by atoms with Crippen LogP contribution < -0.4 is 23.8 Å². The summed E-state index contributed by atoms with van der Waals surface area (Å²) < 4.78 is 46.3. The van der Waals surface area contributed by atoms with Crippen molar-refractivity contribution in [1.82, 2.24) is 10.2 Å². The molecule has 4 aromatic rings. The molecule has 0 unspecified atom stereocenters. The second-order valence-corrected chi connectivity index (χ2v) is 14.2. The summed E-state index contributed by atoms with van der Waals surface area (Å²) in [6.45, 7) is 1.31. The van der Waals surface area contributed by atoms with Gasteiger partial charge in [-0.3, -0.25) is 13.9 Å². The third-order valence-electron chi connectivity index (χ3n) is 7.84. The number of carbonyl (C=O) groups is 2. The van der Waals surface area contributed by atoms with Crippen molar-refractivity contribution in [1.29, 1.82) is 0 Å². The number of nitrogens with one attached hydrogen (secondary N) is 1. The molecule has 0 aliphatic rings. The lowest BCUT2D eigenvalue weighted by atomic mass is 10.0. The number of hydrogen-bond donors (Lipinski definition) is 1. The Morgan fingerprint density at radius 3 is 2.06 bits per heavy atom. The molecule has 4 aromatic carbocycles. The van der Waals surface area contributed by atoms with Gasteiger partial charge >= 0.3 is 0 Å². The maximum Gasteiger partial charge on any atom is 0.265 e. The Balaban J connectivity index is 1.91. The molecule has 1 N–H and O–H groups in total. The summed E-state index contributed by atoms with van der Waals surface area (Å²) in [5.41, 5.74) is 1.16. The molecule has 14 heteroatoms. The van der Waals surface area contributed by atoms with Gasteiger partial charge in [0.15, 0.2) is 11.5 Å². The first-order chi connectivity index (χ1) is 23.9. The van der Waals surface area contributed by atoms with Crippen molar-refractivity contribution >= 4 is 62.3 Å². The fourth-order valence-corrected chi connectivity index (χ4v) is 7.37. The molecule has 266 valence electrons. The zero-order valence-electron chi connectivity index (χ0n) is 28.0. The van der Waals surface area contributed by atoms with E-state index in [2.05, 4.69) is 5.32 Å². The molecule has 1 atom stereocenters. The number of halogens is 3.